The number of benzene rings is 2. The minimum absolute atomic E-state index is 0.108. The lowest BCUT2D eigenvalue weighted by Gasteiger charge is -2.35. The Labute approximate surface area is 213 Å². The molecule has 184 valence electrons. The van der Waals surface area contributed by atoms with Crippen LogP contribution in [0.4, 0.5) is 5.82 Å². The van der Waals surface area contributed by atoms with Crippen molar-refractivity contribution in [1.29, 1.82) is 0 Å². The molecule has 0 aliphatic carbocycles. The van der Waals surface area contributed by atoms with Crippen LogP contribution in [0.3, 0.4) is 0 Å². The highest BCUT2D eigenvalue weighted by Gasteiger charge is 2.29. The molecule has 1 aliphatic rings. The van der Waals surface area contributed by atoms with Gasteiger partial charge in [0.2, 0.25) is 14.9 Å². The summed E-state index contributed by atoms with van der Waals surface area (Å²) in [5, 5.41) is 10.2. The van der Waals surface area contributed by atoms with Crippen LogP contribution < -0.4 is 4.90 Å². The van der Waals surface area contributed by atoms with Gasteiger partial charge in [0, 0.05) is 32.7 Å². The van der Waals surface area contributed by atoms with Gasteiger partial charge in [0.05, 0.1) is 15.1 Å². The molecule has 1 fully saturated rings. The summed E-state index contributed by atoms with van der Waals surface area (Å²) in [6, 6.07) is 19.4. The van der Waals surface area contributed by atoms with E-state index in [1.54, 1.807) is 28.0 Å². The first-order valence-electron chi connectivity index (χ1n) is 12.0. The fourth-order valence-corrected chi connectivity index (χ4v) is 6.79. The second-order valence-electron chi connectivity index (χ2n) is 8.95. The van der Waals surface area contributed by atoms with Crippen LogP contribution in [-0.2, 0) is 22.8 Å². The molecule has 0 N–H and O–H groups in total. The Morgan fingerprint density at radius 1 is 0.917 bits per heavy atom. The van der Waals surface area contributed by atoms with Crippen LogP contribution in [0.1, 0.15) is 18.1 Å². The average molecular weight is 519 g/mol. The van der Waals surface area contributed by atoms with Crippen molar-refractivity contribution < 1.29 is 8.42 Å². The predicted molar refractivity (Wildman–Crippen MR) is 141 cm³/mol. The molecule has 0 radical (unpaired) electrons. The third-order valence-electron chi connectivity index (χ3n) is 6.72. The summed E-state index contributed by atoms with van der Waals surface area (Å²) in [4.78, 5) is 9.76. The highest BCUT2D eigenvalue weighted by atomic mass is 32.2. The summed E-state index contributed by atoms with van der Waals surface area (Å²) in [7, 11) is -3.87. The van der Waals surface area contributed by atoms with Gasteiger partial charge in [-0.05, 0) is 41.1 Å². The zero-order valence-electron chi connectivity index (χ0n) is 19.9. The number of aryl methyl sites for hydroxylation is 1. The summed E-state index contributed by atoms with van der Waals surface area (Å²) in [5.74, 6) is 0.798. The molecule has 1 aliphatic heterocycles. The average Bonchev–Trinajstić information content (AvgIpc) is 3.57. The zero-order valence-corrected chi connectivity index (χ0v) is 21.5. The van der Waals surface area contributed by atoms with Gasteiger partial charge in [0.15, 0.2) is 11.5 Å². The number of aromatic nitrogens is 4. The van der Waals surface area contributed by atoms with Gasteiger partial charge in [-0.15, -0.1) is 16.4 Å². The zero-order chi connectivity index (χ0) is 24.7. The van der Waals surface area contributed by atoms with Crippen LogP contribution in [0.2, 0.25) is 0 Å². The summed E-state index contributed by atoms with van der Waals surface area (Å²) >= 11 is 1.59. The quantitative estimate of drug-likeness (QED) is 0.335. The standard InChI is InChI=1S/C26H26N6O2S2/c1-2-19-8-10-21(11-9-19)36(33,34)26-25-27-24(23-22(12-17-35-23)32(25)29-28-26)31-15-13-30(14-16-31)18-20-6-4-3-5-7-20/h3-12,17H,2,13-16,18H2,1H3. The van der Waals surface area contributed by atoms with Crippen molar-refractivity contribution in [3.05, 3.63) is 77.2 Å². The van der Waals surface area contributed by atoms with E-state index in [1.165, 1.54) is 5.56 Å². The molecule has 36 heavy (non-hydrogen) atoms. The van der Waals surface area contributed by atoms with Gasteiger partial charge < -0.3 is 4.90 Å². The number of thiophene rings is 1. The number of nitrogens with zero attached hydrogens (tertiary/aromatic N) is 6. The molecule has 5 aromatic rings. The van der Waals surface area contributed by atoms with Gasteiger partial charge in [-0.2, -0.15) is 4.52 Å². The topological polar surface area (TPSA) is 83.7 Å². The van der Waals surface area contributed by atoms with Gasteiger partial charge in [-0.25, -0.2) is 13.4 Å². The fraction of sp³-hybridized carbons (Fsp3) is 0.269. The van der Waals surface area contributed by atoms with Crippen molar-refractivity contribution >= 4 is 42.9 Å². The number of sulfone groups is 1. The van der Waals surface area contributed by atoms with Gasteiger partial charge in [-0.3, -0.25) is 4.90 Å². The van der Waals surface area contributed by atoms with Gasteiger partial charge >= 0.3 is 0 Å². The van der Waals surface area contributed by atoms with Crippen molar-refractivity contribution in [2.24, 2.45) is 0 Å². The number of anilines is 1. The third kappa shape index (κ3) is 4.04. The van der Waals surface area contributed by atoms with Crippen molar-refractivity contribution in [2.45, 2.75) is 29.8 Å². The Morgan fingerprint density at radius 3 is 2.39 bits per heavy atom. The molecule has 0 amide bonds. The van der Waals surface area contributed by atoms with Gasteiger partial charge in [0.1, 0.15) is 0 Å². The number of fused-ring (bicyclic) bond motifs is 3. The van der Waals surface area contributed by atoms with Crippen LogP contribution in [0.25, 0.3) is 15.9 Å². The van der Waals surface area contributed by atoms with E-state index in [0.717, 1.165) is 60.7 Å². The van der Waals surface area contributed by atoms with E-state index in [1.807, 2.05) is 36.6 Å². The molecule has 4 heterocycles. The molecule has 0 unspecified atom stereocenters. The summed E-state index contributed by atoms with van der Waals surface area (Å²) < 4.78 is 29.6. The summed E-state index contributed by atoms with van der Waals surface area (Å²) in [6.07, 6.45) is 0.842. The van der Waals surface area contributed by atoms with Gasteiger partial charge in [-0.1, -0.05) is 54.6 Å². The van der Waals surface area contributed by atoms with Crippen LogP contribution in [0.15, 0.2) is 76.0 Å². The fourth-order valence-electron chi connectivity index (χ4n) is 4.67. The highest BCUT2D eigenvalue weighted by Crippen LogP contribution is 2.33. The third-order valence-corrected chi connectivity index (χ3v) is 9.29. The monoisotopic (exact) mass is 518 g/mol. The highest BCUT2D eigenvalue weighted by molar-refractivity contribution is 7.91. The molecule has 1 saturated heterocycles. The van der Waals surface area contributed by atoms with E-state index in [9.17, 15) is 8.42 Å². The Morgan fingerprint density at radius 2 is 1.67 bits per heavy atom. The van der Waals surface area contributed by atoms with Crippen LogP contribution in [0.5, 0.6) is 0 Å². The largest absolute Gasteiger partial charge is 0.353 e. The minimum Gasteiger partial charge on any atom is -0.353 e. The van der Waals surface area contributed by atoms with Gasteiger partial charge in [0.25, 0.3) is 0 Å². The van der Waals surface area contributed by atoms with Crippen LogP contribution >= 0.6 is 11.3 Å². The minimum atomic E-state index is -3.87. The first-order chi connectivity index (χ1) is 17.5. The maximum Gasteiger partial charge on any atom is 0.229 e. The Kier molecular flexibility index (Phi) is 5.94. The lowest BCUT2D eigenvalue weighted by Crippen LogP contribution is -2.46. The van der Waals surface area contributed by atoms with Crippen LogP contribution in [-0.4, -0.2) is 59.3 Å². The predicted octanol–water partition coefficient (Wildman–Crippen LogP) is 4.06. The number of piperazine rings is 1. The van der Waals surface area contributed by atoms with E-state index in [-0.39, 0.29) is 15.6 Å². The molecule has 0 saturated carbocycles. The first kappa shape index (κ1) is 23.1. The second-order valence-corrected chi connectivity index (χ2v) is 11.7. The van der Waals surface area contributed by atoms with Crippen molar-refractivity contribution in [3.8, 4) is 0 Å². The van der Waals surface area contributed by atoms with E-state index in [0.29, 0.717) is 0 Å². The van der Waals surface area contributed by atoms with Crippen molar-refractivity contribution in [2.75, 3.05) is 31.1 Å². The maximum atomic E-state index is 13.5. The van der Waals surface area contributed by atoms with E-state index in [2.05, 4.69) is 44.4 Å². The number of hydrogen-bond donors (Lipinski definition) is 0. The second kappa shape index (κ2) is 9.27. The summed E-state index contributed by atoms with van der Waals surface area (Å²) in [5.41, 5.74) is 3.47. The summed E-state index contributed by atoms with van der Waals surface area (Å²) in [6.45, 7) is 6.38. The van der Waals surface area contributed by atoms with Crippen molar-refractivity contribution in [3.63, 3.8) is 0 Å². The number of hydrogen-bond acceptors (Lipinski definition) is 8. The lowest BCUT2D eigenvalue weighted by molar-refractivity contribution is 0.249. The normalized spacial score (nSPS) is 15.2. The van der Waals surface area contributed by atoms with E-state index in [4.69, 9.17) is 4.98 Å². The molecular weight excluding hydrogens is 492 g/mol. The molecule has 0 spiro atoms. The van der Waals surface area contributed by atoms with Crippen molar-refractivity contribution in [1.82, 2.24) is 24.7 Å². The molecule has 2 aromatic carbocycles. The Bertz CT molecular complexity index is 1620. The molecule has 3 aromatic heterocycles. The Hall–Kier alpha value is -3.34. The molecule has 0 atom stereocenters. The van der Waals surface area contributed by atoms with E-state index < -0.39 is 9.84 Å². The molecular formula is C26H26N6O2S2. The molecule has 0 bridgehead atoms. The maximum absolute atomic E-state index is 13.5. The Balaban J connectivity index is 1.34. The van der Waals surface area contributed by atoms with Crippen LogP contribution in [0, 0.1) is 0 Å². The molecule has 8 nitrogen and oxygen atoms in total. The van der Waals surface area contributed by atoms with E-state index >= 15 is 0 Å². The number of rotatable bonds is 6. The SMILES string of the molecule is CCc1ccc(S(=O)(=O)c2nnn3c2nc(N2CCN(Cc4ccccc4)CC2)c2sccc23)cc1. The smallest absolute Gasteiger partial charge is 0.229 e. The first-order valence-corrected chi connectivity index (χ1v) is 14.4. The molecule has 6 rings (SSSR count). The molecule has 10 heteroatoms. The lowest BCUT2D eigenvalue weighted by atomic mass is 10.2.